The molecule has 0 atom stereocenters. The van der Waals surface area contributed by atoms with Crippen LogP contribution < -0.4 is 0 Å². The van der Waals surface area contributed by atoms with Crippen molar-refractivity contribution in [2.45, 2.75) is 12.8 Å². The van der Waals surface area contributed by atoms with Gasteiger partial charge in [0.15, 0.2) is 0 Å². The quantitative estimate of drug-likeness (QED) is 0.166. The van der Waals surface area contributed by atoms with Gasteiger partial charge >= 0.3 is 0 Å². The molecule has 0 nitrogen and oxygen atoms in total. The van der Waals surface area contributed by atoms with E-state index in [0.29, 0.717) is 0 Å². The predicted octanol–water partition coefficient (Wildman–Crippen LogP) is 14.9. The largest absolute Gasteiger partial charge is 0.0842 e. The standard InChI is InChI=1S/C52H32/c1-3-15-31(16-4-1)45-37-23-9-11-25-39(37)47(40-26-12-10-24-38(40)45)34-29-43-35-21-7-8-22-36(35)50-49(43)44(30-34)48(33-17-5-2-6-18-33)51-41-27-13-19-32-20-14-28-42(46(32)41)52(50)51/h1-5,7-17,19-30H,6,18H2. The highest BCUT2D eigenvalue weighted by molar-refractivity contribution is 6.47. The van der Waals surface area contributed by atoms with Crippen molar-refractivity contribution >= 4 is 91.8 Å². The van der Waals surface area contributed by atoms with E-state index in [0.717, 1.165) is 12.8 Å². The summed E-state index contributed by atoms with van der Waals surface area (Å²) in [4.78, 5) is 0. The molecule has 0 heterocycles. The molecule has 240 valence electrons. The molecule has 0 bridgehead atoms. The summed E-state index contributed by atoms with van der Waals surface area (Å²) in [6.45, 7) is 0. The van der Waals surface area contributed by atoms with Crippen LogP contribution in [0.25, 0.3) is 114 Å². The lowest BCUT2D eigenvalue weighted by Crippen LogP contribution is -1.94. The SMILES string of the molecule is C1=CCCC(c2c3cc(-c4c5ccccc5c(-c5ccccc5)c5ccccc45)cc4c5ccccc5c(c34)c3c4cccc5cccc(c23)c54)=C1. The van der Waals surface area contributed by atoms with Crippen molar-refractivity contribution in [3.05, 3.63) is 175 Å². The molecule has 52 heavy (non-hydrogen) atoms. The normalized spacial score (nSPS) is 13.7. The van der Waals surface area contributed by atoms with Gasteiger partial charge in [-0.2, -0.15) is 0 Å². The van der Waals surface area contributed by atoms with E-state index in [1.807, 2.05) is 0 Å². The minimum Gasteiger partial charge on any atom is -0.0842 e. The first kappa shape index (κ1) is 28.2. The molecule has 11 aromatic carbocycles. The molecule has 12 rings (SSSR count). The summed E-state index contributed by atoms with van der Waals surface area (Å²) in [5.41, 5.74) is 7.98. The van der Waals surface area contributed by atoms with Crippen molar-refractivity contribution in [2.75, 3.05) is 0 Å². The number of fused-ring (bicyclic) bond motifs is 9. The Hall–Kier alpha value is -6.50. The molecule has 0 unspecified atom stereocenters. The lowest BCUT2D eigenvalue weighted by molar-refractivity contribution is 1.06. The Kier molecular flexibility index (Phi) is 5.71. The third-order valence-electron chi connectivity index (χ3n) is 12.0. The van der Waals surface area contributed by atoms with Gasteiger partial charge in [0, 0.05) is 0 Å². The topological polar surface area (TPSA) is 0 Å². The Morgan fingerprint density at radius 1 is 0.327 bits per heavy atom. The van der Waals surface area contributed by atoms with E-state index in [2.05, 4.69) is 170 Å². The Morgan fingerprint density at radius 3 is 1.52 bits per heavy atom. The van der Waals surface area contributed by atoms with Crippen LogP contribution in [0.4, 0.5) is 0 Å². The van der Waals surface area contributed by atoms with Crippen LogP contribution in [0.5, 0.6) is 0 Å². The maximum atomic E-state index is 2.56. The highest BCUT2D eigenvalue weighted by Gasteiger charge is 2.27. The van der Waals surface area contributed by atoms with E-state index in [4.69, 9.17) is 0 Å². The van der Waals surface area contributed by atoms with Crippen molar-refractivity contribution in [1.82, 2.24) is 0 Å². The highest BCUT2D eigenvalue weighted by Crippen LogP contribution is 2.54. The van der Waals surface area contributed by atoms with E-state index in [-0.39, 0.29) is 0 Å². The molecular weight excluding hydrogens is 625 g/mol. The van der Waals surface area contributed by atoms with E-state index < -0.39 is 0 Å². The van der Waals surface area contributed by atoms with E-state index in [1.165, 1.54) is 120 Å². The molecule has 0 amide bonds. The Bertz CT molecular complexity index is 3260. The van der Waals surface area contributed by atoms with Crippen molar-refractivity contribution in [2.24, 2.45) is 0 Å². The fourth-order valence-electron chi connectivity index (χ4n) is 9.98. The summed E-state index contributed by atoms with van der Waals surface area (Å²) in [7, 11) is 0. The van der Waals surface area contributed by atoms with Crippen LogP contribution in [0.1, 0.15) is 18.4 Å². The van der Waals surface area contributed by atoms with E-state index in [9.17, 15) is 0 Å². The minimum atomic E-state index is 1.04. The third-order valence-corrected chi connectivity index (χ3v) is 12.0. The molecule has 0 spiro atoms. The second kappa shape index (κ2) is 10.5. The molecule has 1 aliphatic rings. The van der Waals surface area contributed by atoms with Crippen LogP contribution in [0.15, 0.2) is 170 Å². The summed E-state index contributed by atoms with van der Waals surface area (Å²) in [5.74, 6) is 0. The van der Waals surface area contributed by atoms with E-state index in [1.54, 1.807) is 0 Å². The zero-order chi connectivity index (χ0) is 33.9. The molecule has 11 aromatic rings. The van der Waals surface area contributed by atoms with Crippen LogP contribution >= 0.6 is 0 Å². The number of benzene rings is 9. The average Bonchev–Trinajstić information content (AvgIpc) is 3.72. The molecular formula is C52H32. The summed E-state index contributed by atoms with van der Waals surface area (Å²) < 4.78 is 0. The molecule has 0 heteroatoms. The van der Waals surface area contributed by atoms with Gasteiger partial charge < -0.3 is 0 Å². The van der Waals surface area contributed by atoms with Crippen LogP contribution in [-0.4, -0.2) is 0 Å². The van der Waals surface area contributed by atoms with Crippen LogP contribution in [0.2, 0.25) is 0 Å². The molecule has 0 N–H and O–H groups in total. The van der Waals surface area contributed by atoms with Gasteiger partial charge in [0.1, 0.15) is 0 Å². The Morgan fingerprint density at radius 2 is 0.865 bits per heavy atom. The Labute approximate surface area is 301 Å². The zero-order valence-electron chi connectivity index (χ0n) is 28.6. The first-order chi connectivity index (χ1) is 25.8. The van der Waals surface area contributed by atoms with Gasteiger partial charge in [-0.25, -0.2) is 0 Å². The van der Waals surface area contributed by atoms with Gasteiger partial charge in [-0.1, -0.05) is 158 Å². The third kappa shape index (κ3) is 3.66. The van der Waals surface area contributed by atoms with Gasteiger partial charge in [0.05, 0.1) is 0 Å². The fourth-order valence-corrected chi connectivity index (χ4v) is 9.98. The minimum absolute atomic E-state index is 1.04. The predicted molar refractivity (Wildman–Crippen MR) is 226 cm³/mol. The average molecular weight is 657 g/mol. The van der Waals surface area contributed by atoms with Gasteiger partial charge in [-0.15, -0.1) is 0 Å². The van der Waals surface area contributed by atoms with Gasteiger partial charge in [0.25, 0.3) is 0 Å². The van der Waals surface area contributed by atoms with Gasteiger partial charge in [-0.05, 0) is 145 Å². The molecule has 0 saturated carbocycles. The van der Waals surface area contributed by atoms with Gasteiger partial charge in [-0.3, -0.25) is 0 Å². The number of rotatable bonds is 3. The Balaban J connectivity index is 1.34. The molecule has 1 aliphatic carbocycles. The number of allylic oxidation sites excluding steroid dienone is 4. The fraction of sp³-hybridized carbons (Fsp3) is 0.0385. The van der Waals surface area contributed by atoms with Crippen molar-refractivity contribution < 1.29 is 0 Å². The van der Waals surface area contributed by atoms with Crippen molar-refractivity contribution in [3.8, 4) is 22.3 Å². The number of hydrogen-bond acceptors (Lipinski definition) is 0. The molecule has 0 radical (unpaired) electrons. The smallest absolute Gasteiger partial charge is 0.000709 e. The maximum absolute atomic E-state index is 2.56. The molecule has 0 aromatic heterocycles. The summed E-state index contributed by atoms with van der Waals surface area (Å²) in [6, 6.07) is 57.0. The molecule has 0 saturated heterocycles. The summed E-state index contributed by atoms with van der Waals surface area (Å²) in [6.07, 6.45) is 9.07. The van der Waals surface area contributed by atoms with Crippen LogP contribution in [-0.2, 0) is 0 Å². The summed E-state index contributed by atoms with van der Waals surface area (Å²) >= 11 is 0. The monoisotopic (exact) mass is 656 g/mol. The van der Waals surface area contributed by atoms with Crippen molar-refractivity contribution in [1.29, 1.82) is 0 Å². The van der Waals surface area contributed by atoms with Crippen LogP contribution in [0, 0.1) is 0 Å². The second-order valence-electron chi connectivity index (χ2n) is 14.6. The summed E-state index contributed by atoms with van der Waals surface area (Å²) in [5, 5.41) is 21.6. The maximum Gasteiger partial charge on any atom is -0.000709 e. The molecule has 0 fully saturated rings. The zero-order valence-corrected chi connectivity index (χ0v) is 28.6. The lowest BCUT2D eigenvalue weighted by Gasteiger charge is -2.20. The van der Waals surface area contributed by atoms with E-state index >= 15 is 0 Å². The van der Waals surface area contributed by atoms with Crippen LogP contribution in [0.3, 0.4) is 0 Å². The number of hydrogen-bond donors (Lipinski definition) is 0. The van der Waals surface area contributed by atoms with Crippen molar-refractivity contribution in [3.63, 3.8) is 0 Å². The highest BCUT2D eigenvalue weighted by atomic mass is 14.3. The molecule has 0 aliphatic heterocycles. The first-order valence-electron chi connectivity index (χ1n) is 18.5. The van der Waals surface area contributed by atoms with Gasteiger partial charge in [0.2, 0.25) is 0 Å². The first-order valence-corrected chi connectivity index (χ1v) is 18.5. The second-order valence-corrected chi connectivity index (χ2v) is 14.6. The lowest BCUT2D eigenvalue weighted by atomic mass is 9.83.